The molecule has 0 saturated carbocycles. The molecular weight excluding hydrogens is 262 g/mol. The fraction of sp³-hybridized carbons (Fsp3) is 0.429. The molecule has 0 heterocycles. The van der Waals surface area contributed by atoms with Crippen molar-refractivity contribution >= 4 is 11.9 Å². The summed E-state index contributed by atoms with van der Waals surface area (Å²) in [4.78, 5) is 22.1. The first-order valence-corrected chi connectivity index (χ1v) is 6.41. The molecule has 0 saturated heterocycles. The van der Waals surface area contributed by atoms with Gasteiger partial charge in [0.2, 0.25) is 5.91 Å². The van der Waals surface area contributed by atoms with Gasteiger partial charge in [0, 0.05) is 0 Å². The number of benzene rings is 1. The highest BCUT2D eigenvalue weighted by Crippen LogP contribution is 2.07. The second-order valence-electron chi connectivity index (χ2n) is 4.08. The van der Waals surface area contributed by atoms with Crippen molar-refractivity contribution in [1.29, 1.82) is 0 Å². The van der Waals surface area contributed by atoms with Crippen LogP contribution in [0.3, 0.4) is 0 Å². The normalized spacial score (nSPS) is 11.7. The summed E-state index contributed by atoms with van der Waals surface area (Å²) < 4.78 is 10.5. The number of aliphatic carboxylic acids is 1. The third kappa shape index (κ3) is 6.19. The molecule has 110 valence electrons. The van der Waals surface area contributed by atoms with E-state index in [2.05, 4.69) is 5.32 Å². The first-order chi connectivity index (χ1) is 9.63. The Morgan fingerprint density at radius 1 is 1.25 bits per heavy atom. The summed E-state index contributed by atoms with van der Waals surface area (Å²) in [6, 6.07) is 8.39. The van der Waals surface area contributed by atoms with E-state index in [0.717, 1.165) is 5.75 Å². The van der Waals surface area contributed by atoms with E-state index in [-0.39, 0.29) is 13.2 Å². The Bertz CT molecular complexity index is 421. The highest BCUT2D eigenvalue weighted by Gasteiger charge is 2.17. The number of para-hydroxylation sites is 1. The molecule has 1 aromatic carbocycles. The van der Waals surface area contributed by atoms with Crippen LogP contribution in [0.4, 0.5) is 0 Å². The average molecular weight is 281 g/mol. The third-order valence-electron chi connectivity index (χ3n) is 2.51. The summed E-state index contributed by atoms with van der Waals surface area (Å²) in [5.41, 5.74) is 0. The Kier molecular flexibility index (Phi) is 7.13. The van der Waals surface area contributed by atoms with Gasteiger partial charge < -0.3 is 19.9 Å². The smallest absolute Gasteiger partial charge is 0.326 e. The highest BCUT2D eigenvalue weighted by atomic mass is 16.5. The summed E-state index contributed by atoms with van der Waals surface area (Å²) in [7, 11) is 0. The number of carboxylic acid groups (broad SMARTS) is 1. The third-order valence-corrected chi connectivity index (χ3v) is 2.51. The SMILES string of the molecule is CCC(NC(=O)COCCOc1ccccc1)C(=O)O. The lowest BCUT2D eigenvalue weighted by molar-refractivity contribution is -0.142. The van der Waals surface area contributed by atoms with Crippen LogP contribution in [-0.2, 0) is 14.3 Å². The van der Waals surface area contributed by atoms with Crippen molar-refractivity contribution in [2.45, 2.75) is 19.4 Å². The Labute approximate surface area is 117 Å². The predicted octanol–water partition coefficient (Wildman–Crippen LogP) is 1.06. The Balaban J connectivity index is 2.12. The molecule has 1 atom stereocenters. The van der Waals surface area contributed by atoms with Crippen LogP contribution in [-0.4, -0.2) is 42.8 Å². The minimum Gasteiger partial charge on any atom is -0.491 e. The number of hydrogen-bond acceptors (Lipinski definition) is 4. The van der Waals surface area contributed by atoms with Gasteiger partial charge in [0.05, 0.1) is 6.61 Å². The number of carbonyl (C=O) groups excluding carboxylic acids is 1. The Hall–Kier alpha value is -2.08. The van der Waals surface area contributed by atoms with Gasteiger partial charge in [-0.3, -0.25) is 4.79 Å². The molecule has 0 spiro atoms. The molecule has 1 aromatic rings. The van der Waals surface area contributed by atoms with Crippen LogP contribution in [0.15, 0.2) is 30.3 Å². The number of hydrogen-bond donors (Lipinski definition) is 2. The van der Waals surface area contributed by atoms with Crippen LogP contribution in [0, 0.1) is 0 Å². The Morgan fingerprint density at radius 3 is 2.55 bits per heavy atom. The molecular formula is C14H19NO5. The Morgan fingerprint density at radius 2 is 1.95 bits per heavy atom. The first-order valence-electron chi connectivity index (χ1n) is 6.41. The molecule has 0 fully saturated rings. The monoisotopic (exact) mass is 281 g/mol. The number of carbonyl (C=O) groups is 2. The first kappa shape index (κ1) is 16.0. The van der Waals surface area contributed by atoms with Crippen LogP contribution in [0.25, 0.3) is 0 Å². The number of nitrogens with one attached hydrogen (secondary N) is 1. The summed E-state index contributed by atoms with van der Waals surface area (Å²) in [5, 5.41) is 11.2. The van der Waals surface area contributed by atoms with Gasteiger partial charge in [-0.1, -0.05) is 25.1 Å². The van der Waals surface area contributed by atoms with Crippen molar-refractivity contribution in [3.63, 3.8) is 0 Å². The number of amides is 1. The van der Waals surface area contributed by atoms with Gasteiger partial charge in [0.25, 0.3) is 0 Å². The summed E-state index contributed by atoms with van der Waals surface area (Å²) in [6.07, 6.45) is 0.332. The van der Waals surface area contributed by atoms with Crippen LogP contribution in [0.2, 0.25) is 0 Å². The zero-order valence-corrected chi connectivity index (χ0v) is 11.4. The fourth-order valence-corrected chi connectivity index (χ4v) is 1.47. The standard InChI is InChI=1S/C14H19NO5/c1-2-12(14(17)18)15-13(16)10-19-8-9-20-11-6-4-3-5-7-11/h3-7,12H,2,8-10H2,1H3,(H,15,16)(H,17,18). The van der Waals surface area contributed by atoms with E-state index in [0.29, 0.717) is 13.0 Å². The molecule has 1 amide bonds. The molecule has 2 N–H and O–H groups in total. The summed E-state index contributed by atoms with van der Waals surface area (Å²) in [6.45, 7) is 2.09. The van der Waals surface area contributed by atoms with Gasteiger partial charge in [-0.15, -0.1) is 0 Å². The van der Waals surface area contributed by atoms with E-state index in [1.807, 2.05) is 30.3 Å². The van der Waals surface area contributed by atoms with Crippen LogP contribution in [0.1, 0.15) is 13.3 Å². The van der Waals surface area contributed by atoms with Crippen molar-refractivity contribution in [3.05, 3.63) is 30.3 Å². The number of rotatable bonds is 9. The molecule has 6 nitrogen and oxygen atoms in total. The van der Waals surface area contributed by atoms with Crippen LogP contribution in [0.5, 0.6) is 5.75 Å². The van der Waals surface area contributed by atoms with E-state index in [1.54, 1.807) is 6.92 Å². The predicted molar refractivity (Wildman–Crippen MR) is 72.6 cm³/mol. The molecule has 0 aromatic heterocycles. The molecule has 0 aliphatic rings. The maximum absolute atomic E-state index is 11.4. The summed E-state index contributed by atoms with van der Waals surface area (Å²) >= 11 is 0. The van der Waals surface area contributed by atoms with Gasteiger partial charge in [-0.2, -0.15) is 0 Å². The van der Waals surface area contributed by atoms with Crippen molar-refractivity contribution in [1.82, 2.24) is 5.32 Å². The minimum atomic E-state index is -1.05. The van der Waals surface area contributed by atoms with E-state index in [1.165, 1.54) is 0 Å². The van der Waals surface area contributed by atoms with Crippen molar-refractivity contribution in [3.8, 4) is 5.75 Å². The molecule has 1 unspecified atom stereocenters. The van der Waals surface area contributed by atoms with Gasteiger partial charge in [0.15, 0.2) is 0 Å². The van der Waals surface area contributed by atoms with Crippen LogP contribution >= 0.6 is 0 Å². The fourth-order valence-electron chi connectivity index (χ4n) is 1.47. The zero-order chi connectivity index (χ0) is 14.8. The van der Waals surface area contributed by atoms with Gasteiger partial charge in [0.1, 0.15) is 25.0 Å². The van der Waals surface area contributed by atoms with Gasteiger partial charge >= 0.3 is 5.97 Å². The molecule has 0 aliphatic heterocycles. The van der Waals surface area contributed by atoms with Gasteiger partial charge in [-0.25, -0.2) is 4.79 Å². The quantitative estimate of drug-likeness (QED) is 0.661. The number of ether oxygens (including phenoxy) is 2. The molecule has 6 heteroatoms. The topological polar surface area (TPSA) is 84.9 Å². The average Bonchev–Trinajstić information content (AvgIpc) is 2.45. The lowest BCUT2D eigenvalue weighted by Crippen LogP contribution is -2.42. The van der Waals surface area contributed by atoms with Gasteiger partial charge in [-0.05, 0) is 18.6 Å². The van der Waals surface area contributed by atoms with Crippen molar-refractivity contribution in [2.24, 2.45) is 0 Å². The maximum Gasteiger partial charge on any atom is 0.326 e. The lowest BCUT2D eigenvalue weighted by Gasteiger charge is -2.12. The van der Waals surface area contributed by atoms with Crippen molar-refractivity contribution < 1.29 is 24.2 Å². The zero-order valence-electron chi connectivity index (χ0n) is 11.4. The largest absolute Gasteiger partial charge is 0.491 e. The van der Waals surface area contributed by atoms with E-state index in [9.17, 15) is 9.59 Å². The summed E-state index contributed by atoms with van der Waals surface area (Å²) in [5.74, 6) is -0.760. The minimum absolute atomic E-state index is 0.179. The van der Waals surface area contributed by atoms with E-state index < -0.39 is 17.9 Å². The second-order valence-corrected chi connectivity index (χ2v) is 4.08. The molecule has 0 bridgehead atoms. The number of carboxylic acids is 1. The van der Waals surface area contributed by atoms with Crippen molar-refractivity contribution in [2.75, 3.05) is 19.8 Å². The molecule has 20 heavy (non-hydrogen) atoms. The van der Waals surface area contributed by atoms with Crippen LogP contribution < -0.4 is 10.1 Å². The second kappa shape index (κ2) is 8.92. The van der Waals surface area contributed by atoms with E-state index >= 15 is 0 Å². The molecule has 0 aliphatic carbocycles. The molecule has 0 radical (unpaired) electrons. The maximum atomic E-state index is 11.4. The highest BCUT2D eigenvalue weighted by molar-refractivity contribution is 5.84. The van der Waals surface area contributed by atoms with E-state index in [4.69, 9.17) is 14.6 Å². The molecule has 1 rings (SSSR count). The lowest BCUT2D eigenvalue weighted by atomic mass is 10.2.